The number of benzene rings is 2. The Morgan fingerprint density at radius 3 is 2.59 bits per heavy atom. The molecule has 4 rings (SSSR count). The number of rotatable bonds is 6. The predicted octanol–water partition coefficient (Wildman–Crippen LogP) is 4.76. The van der Waals surface area contributed by atoms with Crippen molar-refractivity contribution >= 4 is 23.3 Å². The molecule has 1 aliphatic heterocycles. The van der Waals surface area contributed by atoms with Crippen LogP contribution in [-0.2, 0) is 28.0 Å². The molecule has 6 heteroatoms. The summed E-state index contributed by atoms with van der Waals surface area (Å²) in [6.45, 7) is 6.89. The van der Waals surface area contributed by atoms with Gasteiger partial charge in [-0.1, -0.05) is 69.3 Å². The minimum Gasteiger partial charge on any atom is -0.326 e. The Kier molecular flexibility index (Phi) is 6.12. The summed E-state index contributed by atoms with van der Waals surface area (Å²) in [7, 11) is 0. The maximum absolute atomic E-state index is 12.8. The minimum atomic E-state index is -0.199. The number of hydrogen-bond acceptors (Lipinski definition) is 3. The van der Waals surface area contributed by atoms with Gasteiger partial charge in [0, 0.05) is 29.5 Å². The Balaban J connectivity index is 1.43. The molecule has 0 spiro atoms. The van der Waals surface area contributed by atoms with Crippen molar-refractivity contribution in [3.05, 3.63) is 77.5 Å². The first-order valence-electron chi connectivity index (χ1n) is 11.1. The lowest BCUT2D eigenvalue weighted by Gasteiger charge is -2.24. The summed E-state index contributed by atoms with van der Waals surface area (Å²) in [4.78, 5) is 25.2. The summed E-state index contributed by atoms with van der Waals surface area (Å²) in [5, 5.41) is 10.7. The Hall–Kier alpha value is -3.41. The molecule has 0 radical (unpaired) electrons. The predicted molar refractivity (Wildman–Crippen MR) is 127 cm³/mol. The number of hydrogen-bond donors (Lipinski definition) is 2. The van der Waals surface area contributed by atoms with Gasteiger partial charge in [-0.3, -0.25) is 9.59 Å². The number of nitrogens with zero attached hydrogens (tertiary/aromatic N) is 2. The third kappa shape index (κ3) is 5.07. The molecular formula is C26H30N4O2. The van der Waals surface area contributed by atoms with E-state index in [2.05, 4.69) is 31.4 Å². The topological polar surface area (TPSA) is 76.0 Å². The van der Waals surface area contributed by atoms with E-state index in [-0.39, 0.29) is 29.6 Å². The maximum atomic E-state index is 12.8. The second kappa shape index (κ2) is 8.99. The summed E-state index contributed by atoms with van der Waals surface area (Å²) in [6.07, 6.45) is 1.45. The van der Waals surface area contributed by atoms with Crippen LogP contribution in [0.25, 0.3) is 0 Å². The van der Waals surface area contributed by atoms with Crippen LogP contribution in [0, 0.1) is 5.92 Å². The number of carbonyl (C=O) groups excluding carboxylic acids is 2. The molecule has 0 aliphatic carbocycles. The van der Waals surface area contributed by atoms with Gasteiger partial charge in [-0.15, -0.1) is 0 Å². The zero-order chi connectivity index (χ0) is 22.7. The Morgan fingerprint density at radius 1 is 1.12 bits per heavy atom. The molecule has 0 bridgehead atoms. The van der Waals surface area contributed by atoms with E-state index in [1.54, 1.807) is 0 Å². The third-order valence-electron chi connectivity index (χ3n) is 5.82. The lowest BCUT2D eigenvalue weighted by Crippen LogP contribution is -2.30. The minimum absolute atomic E-state index is 0.0133. The molecule has 166 valence electrons. The first-order chi connectivity index (χ1) is 15.3. The fourth-order valence-electron chi connectivity index (χ4n) is 3.92. The average Bonchev–Trinajstić information content (AvgIpc) is 3.15. The van der Waals surface area contributed by atoms with E-state index < -0.39 is 0 Å². The highest BCUT2D eigenvalue weighted by atomic mass is 16.2. The number of anilines is 2. The Bertz CT molecular complexity index is 1110. The van der Waals surface area contributed by atoms with Gasteiger partial charge in [-0.05, 0) is 30.0 Å². The van der Waals surface area contributed by atoms with Crippen LogP contribution >= 0.6 is 0 Å². The number of nitrogens with one attached hydrogen (secondary N) is 2. The molecule has 2 aromatic carbocycles. The van der Waals surface area contributed by atoms with Crippen LogP contribution in [0.3, 0.4) is 0 Å². The first kappa shape index (κ1) is 21.8. The summed E-state index contributed by atoms with van der Waals surface area (Å²) < 4.78 is 1.84. The molecule has 1 aromatic heterocycles. The summed E-state index contributed by atoms with van der Waals surface area (Å²) in [6, 6.07) is 19.8. The largest absolute Gasteiger partial charge is 0.326 e. The van der Waals surface area contributed by atoms with Crippen LogP contribution in [0.4, 0.5) is 11.5 Å². The van der Waals surface area contributed by atoms with Gasteiger partial charge >= 0.3 is 0 Å². The van der Waals surface area contributed by atoms with Gasteiger partial charge in [-0.25, -0.2) is 4.68 Å². The summed E-state index contributed by atoms with van der Waals surface area (Å²) >= 11 is 0. The van der Waals surface area contributed by atoms with Crippen molar-refractivity contribution in [3.8, 4) is 0 Å². The van der Waals surface area contributed by atoms with E-state index in [4.69, 9.17) is 5.10 Å². The lowest BCUT2D eigenvalue weighted by molar-refractivity contribution is -0.121. The second-order valence-electron chi connectivity index (χ2n) is 9.44. The van der Waals surface area contributed by atoms with E-state index in [9.17, 15) is 9.59 Å². The van der Waals surface area contributed by atoms with Gasteiger partial charge in [0.1, 0.15) is 5.82 Å². The van der Waals surface area contributed by atoms with Crippen LogP contribution < -0.4 is 10.6 Å². The average molecular weight is 431 g/mol. The molecule has 3 aromatic rings. The fourth-order valence-corrected chi connectivity index (χ4v) is 3.92. The van der Waals surface area contributed by atoms with Crippen molar-refractivity contribution in [1.82, 2.24) is 9.78 Å². The Morgan fingerprint density at radius 2 is 1.84 bits per heavy atom. The fraction of sp³-hybridized carbons (Fsp3) is 0.346. The first-order valence-corrected chi connectivity index (χ1v) is 11.1. The molecule has 2 amide bonds. The van der Waals surface area contributed by atoms with Crippen LogP contribution in [0.5, 0.6) is 0 Å². The quantitative estimate of drug-likeness (QED) is 0.592. The normalized spacial score (nSPS) is 15.7. The molecule has 1 unspecified atom stereocenters. The molecule has 2 heterocycles. The van der Waals surface area contributed by atoms with Gasteiger partial charge in [0.2, 0.25) is 11.8 Å². The van der Waals surface area contributed by atoms with Gasteiger partial charge in [-0.2, -0.15) is 5.10 Å². The highest BCUT2D eigenvalue weighted by molar-refractivity contribution is 5.96. The number of aromatic nitrogens is 2. The highest BCUT2D eigenvalue weighted by Crippen LogP contribution is 2.28. The lowest BCUT2D eigenvalue weighted by atomic mass is 9.89. The van der Waals surface area contributed by atoms with E-state index in [1.807, 2.05) is 65.3 Å². The van der Waals surface area contributed by atoms with Crippen molar-refractivity contribution in [2.45, 2.75) is 52.0 Å². The van der Waals surface area contributed by atoms with Gasteiger partial charge in [0.05, 0.1) is 12.2 Å². The van der Waals surface area contributed by atoms with Crippen LogP contribution in [-0.4, -0.2) is 21.6 Å². The van der Waals surface area contributed by atoms with Crippen LogP contribution in [0.1, 0.15) is 50.4 Å². The molecule has 0 saturated heterocycles. The van der Waals surface area contributed by atoms with Crippen LogP contribution in [0.15, 0.2) is 60.7 Å². The second-order valence-corrected chi connectivity index (χ2v) is 9.44. The zero-order valence-electron chi connectivity index (χ0n) is 18.9. The number of carbonyl (C=O) groups is 2. The summed E-state index contributed by atoms with van der Waals surface area (Å²) in [5.74, 6) is 0.365. The standard InChI is InChI=1S/C26H30N4O2/c1-26(2,3)22-16-23(30(29-22)17-18-9-5-4-6-10-18)28-24(31)14-13-20-15-19-11-7-8-12-21(19)27-25(20)32/h4-12,16,20H,13-15,17H2,1-3H3,(H,27,32)(H,28,31). The maximum Gasteiger partial charge on any atom is 0.227 e. The Labute approximate surface area is 189 Å². The molecule has 6 nitrogen and oxygen atoms in total. The van der Waals surface area contributed by atoms with Gasteiger partial charge < -0.3 is 10.6 Å². The molecule has 0 fully saturated rings. The molecule has 32 heavy (non-hydrogen) atoms. The van der Waals surface area contributed by atoms with Crippen molar-refractivity contribution in [1.29, 1.82) is 0 Å². The molecule has 0 saturated carbocycles. The van der Waals surface area contributed by atoms with Crippen molar-refractivity contribution in [2.24, 2.45) is 5.92 Å². The molecule has 2 N–H and O–H groups in total. The van der Waals surface area contributed by atoms with Crippen LogP contribution in [0.2, 0.25) is 0 Å². The van der Waals surface area contributed by atoms with E-state index in [0.717, 1.165) is 22.5 Å². The number of fused-ring (bicyclic) bond motifs is 1. The number of para-hydroxylation sites is 1. The summed E-state index contributed by atoms with van der Waals surface area (Å²) in [5.41, 5.74) is 3.90. The number of amides is 2. The smallest absolute Gasteiger partial charge is 0.227 e. The van der Waals surface area contributed by atoms with Crippen molar-refractivity contribution < 1.29 is 9.59 Å². The highest BCUT2D eigenvalue weighted by Gasteiger charge is 2.27. The third-order valence-corrected chi connectivity index (χ3v) is 5.82. The van der Waals surface area contributed by atoms with Crippen molar-refractivity contribution in [2.75, 3.05) is 10.6 Å². The molecule has 1 aliphatic rings. The molecule has 1 atom stereocenters. The molecular weight excluding hydrogens is 400 g/mol. The van der Waals surface area contributed by atoms with Gasteiger partial charge in [0.25, 0.3) is 0 Å². The van der Waals surface area contributed by atoms with E-state index in [0.29, 0.717) is 25.2 Å². The zero-order valence-corrected chi connectivity index (χ0v) is 18.9. The monoisotopic (exact) mass is 430 g/mol. The van der Waals surface area contributed by atoms with Gasteiger partial charge in [0.15, 0.2) is 0 Å². The van der Waals surface area contributed by atoms with E-state index >= 15 is 0 Å². The SMILES string of the molecule is CC(C)(C)c1cc(NC(=O)CCC2Cc3ccccc3NC2=O)n(Cc2ccccc2)n1. The van der Waals surface area contributed by atoms with Crippen molar-refractivity contribution in [3.63, 3.8) is 0 Å². The van der Waals surface area contributed by atoms with E-state index in [1.165, 1.54) is 0 Å².